The molecule has 0 fully saturated rings. The maximum atomic E-state index is 13.0. The molecular weight excluding hydrogens is 416 g/mol. The van der Waals surface area contributed by atoms with Gasteiger partial charge in [-0.25, -0.2) is 4.79 Å². The van der Waals surface area contributed by atoms with E-state index in [1.54, 1.807) is 30.0 Å². The third-order valence-corrected chi connectivity index (χ3v) is 5.81. The number of rotatable bonds is 8. The number of H-pyrrole nitrogens is 1. The van der Waals surface area contributed by atoms with E-state index in [1.165, 1.54) is 0 Å². The molecule has 2 heterocycles. The Morgan fingerprint density at radius 2 is 1.97 bits per heavy atom. The van der Waals surface area contributed by atoms with Gasteiger partial charge in [0.15, 0.2) is 5.58 Å². The predicted molar refractivity (Wildman–Crippen MR) is 124 cm³/mol. The third-order valence-electron chi connectivity index (χ3n) is 5.16. The van der Waals surface area contributed by atoms with Crippen molar-refractivity contribution in [1.82, 2.24) is 14.9 Å². The summed E-state index contributed by atoms with van der Waals surface area (Å²) < 4.78 is 7.09. The van der Waals surface area contributed by atoms with E-state index in [0.717, 1.165) is 17.1 Å². The van der Waals surface area contributed by atoms with Crippen molar-refractivity contribution in [3.8, 4) is 0 Å². The first-order valence-electron chi connectivity index (χ1n) is 10.1. The minimum Gasteiger partial charge on any atom is -0.408 e. The largest absolute Gasteiger partial charge is 0.417 e. The van der Waals surface area contributed by atoms with Gasteiger partial charge in [-0.2, -0.15) is 11.8 Å². The van der Waals surface area contributed by atoms with E-state index in [9.17, 15) is 14.4 Å². The fourth-order valence-electron chi connectivity index (χ4n) is 3.80. The van der Waals surface area contributed by atoms with Crippen molar-refractivity contribution in [2.24, 2.45) is 0 Å². The Bertz CT molecular complexity index is 1160. The molecule has 2 aromatic heterocycles. The minimum absolute atomic E-state index is 0.237. The average Bonchev–Trinajstić information content (AvgIpc) is 3.22. The first-order chi connectivity index (χ1) is 14.7. The number of hydrogen-bond donors (Lipinski definition) is 3. The molecular formula is C22H28N4O4S. The van der Waals surface area contributed by atoms with Crippen LogP contribution in [0.2, 0.25) is 0 Å². The second-order valence-electron chi connectivity index (χ2n) is 7.77. The Morgan fingerprint density at radius 1 is 1.23 bits per heavy atom. The third kappa shape index (κ3) is 5.04. The highest BCUT2D eigenvalue weighted by Crippen LogP contribution is 2.21. The van der Waals surface area contributed by atoms with Crippen molar-refractivity contribution < 1.29 is 14.0 Å². The zero-order valence-electron chi connectivity index (χ0n) is 18.4. The summed E-state index contributed by atoms with van der Waals surface area (Å²) >= 11 is 1.61. The molecule has 0 radical (unpaired) electrons. The number of aromatic amines is 1. The maximum absolute atomic E-state index is 13.0. The van der Waals surface area contributed by atoms with Gasteiger partial charge in [-0.15, -0.1) is 0 Å². The van der Waals surface area contributed by atoms with Gasteiger partial charge in [-0.3, -0.25) is 14.6 Å². The SMILES string of the molecule is CSCCC(NC(=O)c1cc(C)n(C(C)C)c1C)C(=O)Nc1ccc2oc(=O)[nH]c2c1. The lowest BCUT2D eigenvalue weighted by molar-refractivity contribution is -0.118. The number of nitrogens with zero attached hydrogens (tertiary/aromatic N) is 1. The molecule has 0 aliphatic rings. The van der Waals surface area contributed by atoms with Crippen LogP contribution in [-0.2, 0) is 4.79 Å². The Labute approximate surface area is 184 Å². The Kier molecular flexibility index (Phi) is 6.94. The van der Waals surface area contributed by atoms with Gasteiger partial charge < -0.3 is 19.6 Å². The van der Waals surface area contributed by atoms with Crippen molar-refractivity contribution in [3.63, 3.8) is 0 Å². The van der Waals surface area contributed by atoms with Gasteiger partial charge in [0.25, 0.3) is 5.91 Å². The first-order valence-corrected chi connectivity index (χ1v) is 11.5. The van der Waals surface area contributed by atoms with Crippen LogP contribution in [-0.4, -0.2) is 39.4 Å². The zero-order valence-corrected chi connectivity index (χ0v) is 19.2. The van der Waals surface area contributed by atoms with Gasteiger partial charge in [0.1, 0.15) is 6.04 Å². The lowest BCUT2D eigenvalue weighted by Crippen LogP contribution is -2.44. The highest BCUT2D eigenvalue weighted by molar-refractivity contribution is 7.98. The number of anilines is 1. The first kappa shape index (κ1) is 22.7. The summed E-state index contributed by atoms with van der Waals surface area (Å²) in [6.07, 6.45) is 2.45. The molecule has 0 bridgehead atoms. The lowest BCUT2D eigenvalue weighted by Gasteiger charge is -2.19. The van der Waals surface area contributed by atoms with Crippen LogP contribution >= 0.6 is 11.8 Å². The van der Waals surface area contributed by atoms with Crippen LogP contribution < -0.4 is 16.4 Å². The molecule has 3 N–H and O–H groups in total. The molecule has 166 valence electrons. The second kappa shape index (κ2) is 9.47. The van der Waals surface area contributed by atoms with Crippen LogP contribution in [0.1, 0.15) is 48.1 Å². The number of oxazole rings is 1. The molecule has 1 aromatic carbocycles. The van der Waals surface area contributed by atoms with Gasteiger partial charge >= 0.3 is 5.76 Å². The van der Waals surface area contributed by atoms with Crippen LogP contribution in [0.25, 0.3) is 11.1 Å². The second-order valence-corrected chi connectivity index (χ2v) is 8.76. The number of aryl methyl sites for hydroxylation is 1. The molecule has 8 nitrogen and oxygen atoms in total. The van der Waals surface area contributed by atoms with E-state index < -0.39 is 11.8 Å². The molecule has 0 aliphatic heterocycles. The summed E-state index contributed by atoms with van der Waals surface area (Å²) in [5.74, 6) is -0.416. The lowest BCUT2D eigenvalue weighted by atomic mass is 10.1. The zero-order chi connectivity index (χ0) is 22.7. The fourth-order valence-corrected chi connectivity index (χ4v) is 4.27. The van der Waals surface area contributed by atoms with Crippen molar-refractivity contribution >= 4 is 40.4 Å². The highest BCUT2D eigenvalue weighted by Gasteiger charge is 2.24. The van der Waals surface area contributed by atoms with Crippen LogP contribution in [0, 0.1) is 13.8 Å². The number of fused-ring (bicyclic) bond motifs is 1. The summed E-state index contributed by atoms with van der Waals surface area (Å²) in [5.41, 5.74) is 3.87. The molecule has 0 spiro atoms. The molecule has 0 saturated heterocycles. The van der Waals surface area contributed by atoms with E-state index in [1.807, 2.05) is 26.2 Å². The Hall–Kier alpha value is -2.94. The molecule has 3 rings (SSSR count). The Morgan fingerprint density at radius 3 is 2.61 bits per heavy atom. The summed E-state index contributed by atoms with van der Waals surface area (Å²) in [4.78, 5) is 39.9. The number of nitrogens with one attached hydrogen (secondary N) is 3. The van der Waals surface area contributed by atoms with Gasteiger partial charge in [0.2, 0.25) is 5.91 Å². The van der Waals surface area contributed by atoms with Gasteiger partial charge in [-0.05, 0) is 70.4 Å². The number of carbonyl (C=O) groups excluding carboxylic acids is 2. The van der Waals surface area contributed by atoms with Gasteiger partial charge in [-0.1, -0.05) is 0 Å². The van der Waals surface area contributed by atoms with Crippen LogP contribution in [0.15, 0.2) is 33.5 Å². The quantitative estimate of drug-likeness (QED) is 0.492. The van der Waals surface area contributed by atoms with E-state index in [0.29, 0.717) is 28.8 Å². The van der Waals surface area contributed by atoms with Crippen LogP contribution in [0.5, 0.6) is 0 Å². The van der Waals surface area contributed by atoms with Crippen molar-refractivity contribution in [3.05, 3.63) is 51.8 Å². The van der Waals surface area contributed by atoms with Crippen molar-refractivity contribution in [2.75, 3.05) is 17.3 Å². The molecule has 31 heavy (non-hydrogen) atoms. The molecule has 1 atom stereocenters. The fraction of sp³-hybridized carbons (Fsp3) is 0.409. The monoisotopic (exact) mass is 444 g/mol. The number of benzene rings is 1. The van der Waals surface area contributed by atoms with E-state index >= 15 is 0 Å². The molecule has 0 aliphatic carbocycles. The van der Waals surface area contributed by atoms with Crippen LogP contribution in [0.3, 0.4) is 0 Å². The average molecular weight is 445 g/mol. The summed E-state index contributed by atoms with van der Waals surface area (Å²) in [5, 5.41) is 5.72. The van der Waals surface area contributed by atoms with E-state index in [4.69, 9.17) is 4.42 Å². The van der Waals surface area contributed by atoms with Crippen molar-refractivity contribution in [1.29, 1.82) is 0 Å². The molecule has 1 unspecified atom stereocenters. The number of hydrogen-bond acceptors (Lipinski definition) is 5. The summed E-state index contributed by atoms with van der Waals surface area (Å²) in [6, 6.07) is 6.29. The Balaban J connectivity index is 1.78. The minimum atomic E-state index is -0.693. The summed E-state index contributed by atoms with van der Waals surface area (Å²) in [7, 11) is 0. The standard InChI is InChI=1S/C22H28N4O4S/c1-12(2)26-13(3)10-16(14(26)4)20(27)24-17(8-9-31-5)21(28)23-15-6-7-19-18(11-15)25-22(29)30-19/h6-7,10-12,17H,8-9H2,1-5H3,(H,23,28)(H,24,27)(H,25,29). The highest BCUT2D eigenvalue weighted by atomic mass is 32.2. The number of thioether (sulfide) groups is 1. The molecule has 0 saturated carbocycles. The van der Waals surface area contributed by atoms with Gasteiger partial charge in [0.05, 0.1) is 11.1 Å². The number of amides is 2. The number of carbonyl (C=O) groups is 2. The normalized spacial score (nSPS) is 12.3. The summed E-state index contributed by atoms with van der Waals surface area (Å²) in [6.45, 7) is 8.03. The topological polar surface area (TPSA) is 109 Å². The smallest absolute Gasteiger partial charge is 0.408 e. The maximum Gasteiger partial charge on any atom is 0.417 e. The molecule has 2 amide bonds. The predicted octanol–water partition coefficient (Wildman–Crippen LogP) is 3.61. The van der Waals surface area contributed by atoms with Crippen LogP contribution in [0.4, 0.5) is 5.69 Å². The van der Waals surface area contributed by atoms with Crippen molar-refractivity contribution in [2.45, 2.75) is 46.2 Å². The van der Waals surface area contributed by atoms with E-state index in [-0.39, 0.29) is 17.9 Å². The number of aromatic nitrogens is 2. The van der Waals surface area contributed by atoms with Gasteiger partial charge in [0, 0.05) is 23.1 Å². The molecule has 9 heteroatoms. The van der Waals surface area contributed by atoms with E-state index in [2.05, 4.69) is 34.0 Å². The molecule has 3 aromatic rings.